The van der Waals surface area contributed by atoms with Crippen LogP contribution >= 0.6 is 0 Å². The summed E-state index contributed by atoms with van der Waals surface area (Å²) in [5, 5.41) is 1.50. The van der Waals surface area contributed by atoms with Crippen LogP contribution < -0.4 is 4.90 Å². The predicted octanol–water partition coefficient (Wildman–Crippen LogP) is 12.7. The minimum absolute atomic E-state index is 0.0719. The van der Waals surface area contributed by atoms with Crippen molar-refractivity contribution in [2.75, 3.05) is 4.90 Å². The van der Waals surface area contributed by atoms with Gasteiger partial charge in [0, 0.05) is 28.2 Å². The summed E-state index contributed by atoms with van der Waals surface area (Å²) in [6.07, 6.45) is 0. The van der Waals surface area contributed by atoms with Crippen LogP contribution in [-0.2, 0) is 0 Å². The lowest BCUT2D eigenvalue weighted by atomic mass is 9.98. The van der Waals surface area contributed by atoms with Gasteiger partial charge in [-0.1, -0.05) is 78.7 Å². The van der Waals surface area contributed by atoms with E-state index >= 15 is 0 Å². The van der Waals surface area contributed by atoms with Crippen molar-refractivity contribution in [2.45, 2.75) is 0 Å². The number of benzene rings is 8. The van der Waals surface area contributed by atoms with Crippen molar-refractivity contribution in [1.82, 2.24) is 9.97 Å². The number of oxazole rings is 2. The van der Waals surface area contributed by atoms with Crippen LogP contribution in [0.1, 0.15) is 9.60 Å². The zero-order valence-electron chi connectivity index (χ0n) is 33.9. The van der Waals surface area contributed by atoms with Gasteiger partial charge in [-0.3, -0.25) is 0 Å². The number of anilines is 3. The van der Waals surface area contributed by atoms with Crippen molar-refractivity contribution in [3.05, 3.63) is 176 Å². The van der Waals surface area contributed by atoms with E-state index in [-0.39, 0.29) is 34.5 Å². The lowest BCUT2D eigenvalue weighted by Gasteiger charge is -2.26. The van der Waals surface area contributed by atoms with Gasteiger partial charge in [0.1, 0.15) is 11.0 Å². The fourth-order valence-corrected chi connectivity index (χ4v) is 6.40. The molecule has 51 heavy (non-hydrogen) atoms. The van der Waals surface area contributed by atoms with E-state index in [9.17, 15) is 0 Å². The fourth-order valence-electron chi connectivity index (χ4n) is 6.40. The van der Waals surface area contributed by atoms with Crippen molar-refractivity contribution < 1.29 is 18.4 Å². The van der Waals surface area contributed by atoms with E-state index < -0.39 is 24.2 Å². The van der Waals surface area contributed by atoms with Gasteiger partial charge in [-0.2, -0.15) is 0 Å². The molecule has 0 saturated carbocycles. The third kappa shape index (κ3) is 5.29. The molecule has 10 aromatic rings. The Balaban J connectivity index is 1.06. The second kappa shape index (κ2) is 11.9. The Bertz CT molecular complexity index is 3090. The van der Waals surface area contributed by atoms with Crippen LogP contribution in [0.15, 0.2) is 185 Å². The molecule has 0 spiro atoms. The average Bonchev–Trinajstić information content (AvgIpc) is 3.89. The molecule has 0 saturated heterocycles. The van der Waals surface area contributed by atoms with Crippen LogP contribution in [0.3, 0.4) is 0 Å². The maximum Gasteiger partial charge on any atom is 0.227 e. The zero-order valence-corrected chi connectivity index (χ0v) is 26.9. The Labute approximate surface area is 303 Å². The zero-order chi connectivity index (χ0) is 39.8. The highest BCUT2D eigenvalue weighted by molar-refractivity contribution is 5.94. The van der Waals surface area contributed by atoms with E-state index in [1.165, 1.54) is 0 Å². The van der Waals surface area contributed by atoms with Crippen LogP contribution in [0.2, 0.25) is 0 Å². The highest BCUT2D eigenvalue weighted by Crippen LogP contribution is 2.39. The van der Waals surface area contributed by atoms with Gasteiger partial charge in [0.15, 0.2) is 11.2 Å². The van der Waals surface area contributed by atoms with Gasteiger partial charge in [0.25, 0.3) is 0 Å². The summed E-state index contributed by atoms with van der Waals surface area (Å²) in [6.45, 7) is 0. The number of aromatic nitrogens is 2. The molecule has 0 aliphatic carbocycles. The average molecular weight is 663 g/mol. The normalized spacial score (nSPS) is 13.5. The molecule has 0 bridgehead atoms. The van der Waals surface area contributed by atoms with Gasteiger partial charge in [-0.15, -0.1) is 0 Å². The molecular weight excluding hydrogens is 627 g/mol. The Hall–Kier alpha value is -6.98. The number of para-hydroxylation sites is 4. The first-order chi connectivity index (χ1) is 28.1. The van der Waals surface area contributed by atoms with Gasteiger partial charge >= 0.3 is 0 Å². The minimum atomic E-state index is -0.494. The summed E-state index contributed by atoms with van der Waals surface area (Å²) >= 11 is 0. The van der Waals surface area contributed by atoms with Crippen LogP contribution in [0, 0.1) is 0 Å². The number of hydrogen-bond donors (Lipinski definition) is 0. The number of nitrogens with zero attached hydrogens (tertiary/aromatic N) is 3. The second-order valence-electron chi connectivity index (χ2n) is 12.1. The van der Waals surface area contributed by atoms with Crippen LogP contribution in [0.5, 0.6) is 0 Å². The maximum atomic E-state index is 9.03. The number of rotatable bonds is 6. The second-order valence-corrected chi connectivity index (χ2v) is 12.1. The molecule has 0 atom stereocenters. The summed E-state index contributed by atoms with van der Waals surface area (Å²) in [5.41, 5.74) is 7.93. The molecule has 0 aliphatic heterocycles. The molecule has 0 fully saturated rings. The number of fused-ring (bicyclic) bond motifs is 4. The van der Waals surface area contributed by atoms with Crippen molar-refractivity contribution >= 4 is 60.8 Å². The lowest BCUT2D eigenvalue weighted by Crippen LogP contribution is -2.09. The highest BCUT2D eigenvalue weighted by atomic mass is 16.4. The molecule has 0 unspecified atom stereocenters. The molecule has 0 N–H and O–H groups in total. The van der Waals surface area contributed by atoms with Gasteiger partial charge in [0.05, 0.1) is 9.60 Å². The van der Waals surface area contributed by atoms with E-state index in [0.29, 0.717) is 28.5 Å². The standard InChI is InChI=1S/C46H29N3O2/c1-2-8-33-27-34(14-13-30(33)7-1)35-15-16-37-29-40(26-21-36(37)28-35)49(38-22-17-31(18-23-38)45-47-41-9-3-5-11-43(41)50-45)39-24-19-32(20-25-39)46-48-42-10-4-6-12-44(42)51-46/h1-29H/i1D,2D,7D,8D,13D,14D,27D. The highest BCUT2D eigenvalue weighted by Gasteiger charge is 2.16. The minimum Gasteiger partial charge on any atom is -0.436 e. The predicted molar refractivity (Wildman–Crippen MR) is 208 cm³/mol. The third-order valence-corrected chi connectivity index (χ3v) is 8.95. The smallest absolute Gasteiger partial charge is 0.227 e. The molecule has 2 aromatic heterocycles. The van der Waals surface area contributed by atoms with Crippen molar-refractivity contribution in [3.8, 4) is 34.0 Å². The van der Waals surface area contributed by atoms with Crippen molar-refractivity contribution in [3.63, 3.8) is 0 Å². The quantitative estimate of drug-likeness (QED) is 0.177. The summed E-state index contributed by atoms with van der Waals surface area (Å²) in [5.74, 6) is 1.05. The third-order valence-electron chi connectivity index (χ3n) is 8.95. The van der Waals surface area contributed by atoms with E-state index in [1.54, 1.807) is 6.07 Å². The van der Waals surface area contributed by atoms with Gasteiger partial charge in [-0.05, 0) is 130 Å². The van der Waals surface area contributed by atoms with Crippen LogP contribution in [0.4, 0.5) is 17.1 Å². The summed E-state index contributed by atoms with van der Waals surface area (Å²) in [7, 11) is 0. The van der Waals surface area contributed by atoms with E-state index in [2.05, 4.69) is 20.9 Å². The molecule has 10 rings (SSSR count). The van der Waals surface area contributed by atoms with Gasteiger partial charge < -0.3 is 13.7 Å². The monoisotopic (exact) mass is 662 g/mol. The molecule has 8 aromatic carbocycles. The molecule has 0 aliphatic rings. The van der Waals surface area contributed by atoms with Crippen LogP contribution in [0.25, 0.3) is 77.8 Å². The Kier molecular flexibility index (Phi) is 5.26. The first-order valence-electron chi connectivity index (χ1n) is 19.9. The Morgan fingerprint density at radius 3 is 1.59 bits per heavy atom. The van der Waals surface area contributed by atoms with Gasteiger partial charge in [0.2, 0.25) is 11.8 Å². The topological polar surface area (TPSA) is 55.3 Å². The van der Waals surface area contributed by atoms with Crippen molar-refractivity contribution in [2.24, 2.45) is 0 Å². The molecule has 2 heterocycles. The fraction of sp³-hybridized carbons (Fsp3) is 0. The molecule has 0 radical (unpaired) electrons. The van der Waals surface area contributed by atoms with E-state index in [4.69, 9.17) is 18.4 Å². The number of hydrogen-bond acceptors (Lipinski definition) is 5. The largest absolute Gasteiger partial charge is 0.436 e. The Morgan fingerprint density at radius 2 is 0.961 bits per heavy atom. The molecule has 5 nitrogen and oxygen atoms in total. The molecule has 0 amide bonds. The maximum absolute atomic E-state index is 9.03. The van der Waals surface area contributed by atoms with E-state index in [1.807, 2.05) is 121 Å². The van der Waals surface area contributed by atoms with Crippen LogP contribution in [-0.4, -0.2) is 9.97 Å². The molecular formula is C46H29N3O2. The molecule has 240 valence electrons. The first-order valence-corrected chi connectivity index (χ1v) is 16.4. The summed E-state index contributed by atoms with van der Waals surface area (Å²) in [4.78, 5) is 11.5. The Morgan fingerprint density at radius 1 is 0.431 bits per heavy atom. The summed E-state index contributed by atoms with van der Waals surface area (Å²) < 4.78 is 71.8. The van der Waals surface area contributed by atoms with Gasteiger partial charge in [-0.25, -0.2) is 9.97 Å². The SMILES string of the molecule is [2H]c1c([2H])c([2H])c2c([2H])c(-c3ccc4cc(N(c5ccc(-c6nc7ccccc7o6)cc5)c5ccc(-c6nc7ccccc7o6)cc5)ccc4c3)c([2H])c([2H])c2c1[2H]. The summed E-state index contributed by atoms with van der Waals surface area (Å²) in [6, 6.07) is 40.2. The lowest BCUT2D eigenvalue weighted by molar-refractivity contribution is 0.619. The van der Waals surface area contributed by atoms with Crippen molar-refractivity contribution in [1.29, 1.82) is 0 Å². The molecule has 5 heteroatoms. The van der Waals surface area contributed by atoms with E-state index in [0.717, 1.165) is 50.0 Å². The first kappa shape index (κ1) is 22.6.